The first kappa shape index (κ1) is 23.9. The van der Waals surface area contributed by atoms with E-state index < -0.39 is 24.3 Å². The van der Waals surface area contributed by atoms with Crippen molar-refractivity contribution in [2.45, 2.75) is 31.2 Å². The molecule has 1 saturated heterocycles. The van der Waals surface area contributed by atoms with Crippen molar-refractivity contribution in [1.29, 1.82) is 0 Å². The molecule has 0 amide bonds. The lowest BCUT2D eigenvalue weighted by molar-refractivity contribution is -0.193. The molecule has 1 aliphatic heterocycles. The van der Waals surface area contributed by atoms with Crippen LogP contribution in [0.5, 0.6) is 0 Å². The summed E-state index contributed by atoms with van der Waals surface area (Å²) in [5, 5.41) is 17.4. The Morgan fingerprint density at radius 2 is 1.46 bits per heavy atom. The molecule has 0 bridgehead atoms. The lowest BCUT2D eigenvalue weighted by Crippen LogP contribution is -2.39. The molecule has 150 valence electrons. The molecule has 1 aliphatic rings. The third-order valence-corrected chi connectivity index (χ3v) is 3.55. The Hall–Kier alpha value is -2.09. The predicted octanol–water partition coefficient (Wildman–Crippen LogP) is 2.34. The van der Waals surface area contributed by atoms with E-state index in [9.17, 15) is 26.3 Å². The van der Waals surface area contributed by atoms with Crippen molar-refractivity contribution in [3.05, 3.63) is 11.6 Å². The molecule has 1 aromatic heterocycles. The van der Waals surface area contributed by atoms with Crippen LogP contribution >= 0.6 is 11.3 Å². The summed E-state index contributed by atoms with van der Waals surface area (Å²) < 4.78 is 63.5. The molecule has 0 unspecified atom stereocenters. The van der Waals surface area contributed by atoms with E-state index in [0.717, 1.165) is 31.1 Å². The summed E-state index contributed by atoms with van der Waals surface area (Å²) in [6, 6.07) is 0.404. The molecule has 2 rings (SSSR count). The maximum absolute atomic E-state index is 10.6. The van der Waals surface area contributed by atoms with Gasteiger partial charge >= 0.3 is 24.3 Å². The molecule has 4 N–H and O–H groups in total. The minimum atomic E-state index is -5.08. The third kappa shape index (κ3) is 10.0. The van der Waals surface area contributed by atoms with Crippen LogP contribution in [0.25, 0.3) is 0 Å². The van der Waals surface area contributed by atoms with Gasteiger partial charge in [-0.3, -0.25) is 0 Å². The van der Waals surface area contributed by atoms with Crippen molar-refractivity contribution in [3.63, 3.8) is 0 Å². The fourth-order valence-corrected chi connectivity index (χ4v) is 2.16. The second-order valence-corrected chi connectivity index (χ2v) is 5.62. The number of alkyl halides is 6. The van der Waals surface area contributed by atoms with Gasteiger partial charge in [-0.25, -0.2) is 14.6 Å². The highest BCUT2D eigenvalue weighted by Crippen LogP contribution is 2.21. The zero-order valence-electron chi connectivity index (χ0n) is 12.9. The number of carbonyl (C=O) groups is 2. The minimum Gasteiger partial charge on any atom is -0.475 e. The summed E-state index contributed by atoms with van der Waals surface area (Å²) in [6.45, 7) is 2.13. The normalized spacial score (nSPS) is 15.3. The van der Waals surface area contributed by atoms with Gasteiger partial charge in [0.1, 0.15) is 0 Å². The highest BCUT2D eigenvalue weighted by Gasteiger charge is 2.38. The average molecular weight is 411 g/mol. The van der Waals surface area contributed by atoms with Crippen molar-refractivity contribution in [3.8, 4) is 0 Å². The zero-order chi connectivity index (χ0) is 20.5. The Morgan fingerprint density at radius 3 is 1.73 bits per heavy atom. The number of hydrogen-bond acceptors (Lipinski definition) is 6. The number of carboxylic acid groups (broad SMARTS) is 2. The van der Waals surface area contributed by atoms with Crippen LogP contribution in [0.2, 0.25) is 0 Å². The number of nitrogens with two attached hydrogens (primary N) is 1. The first-order chi connectivity index (χ1) is 11.7. The molecule has 0 atom stereocenters. The van der Waals surface area contributed by atoms with Crippen LogP contribution in [0.3, 0.4) is 0 Å². The largest absolute Gasteiger partial charge is 0.490 e. The third-order valence-electron chi connectivity index (χ3n) is 2.71. The summed E-state index contributed by atoms with van der Waals surface area (Å²) in [5.74, 6) is -5.51. The van der Waals surface area contributed by atoms with Gasteiger partial charge in [-0.15, -0.1) is 11.3 Å². The Labute approximate surface area is 147 Å². The first-order valence-corrected chi connectivity index (χ1v) is 7.63. The quantitative estimate of drug-likeness (QED) is 0.608. The molecular weight excluding hydrogens is 396 g/mol. The molecule has 7 nitrogen and oxygen atoms in total. The number of carboxylic acids is 2. The first-order valence-electron chi connectivity index (χ1n) is 6.75. The van der Waals surface area contributed by atoms with Gasteiger partial charge in [0.15, 0.2) is 5.13 Å². The van der Waals surface area contributed by atoms with Crippen LogP contribution in [-0.2, 0) is 9.59 Å². The van der Waals surface area contributed by atoms with E-state index in [4.69, 9.17) is 25.5 Å². The number of aliphatic carboxylic acids is 2. The van der Waals surface area contributed by atoms with Crippen LogP contribution in [0.4, 0.5) is 31.5 Å². The molecule has 0 aliphatic carbocycles. The van der Waals surface area contributed by atoms with Crippen molar-refractivity contribution in [1.82, 2.24) is 4.98 Å². The van der Waals surface area contributed by atoms with Crippen LogP contribution in [0, 0.1) is 0 Å². The molecular formula is C12H15F6N3O4S. The summed E-state index contributed by atoms with van der Waals surface area (Å²) in [5.41, 5.74) is 5.81. The minimum absolute atomic E-state index is 0.404. The van der Waals surface area contributed by atoms with Gasteiger partial charge in [-0.1, -0.05) is 0 Å². The molecule has 1 fully saturated rings. The summed E-state index contributed by atoms with van der Waals surface area (Å²) in [7, 11) is 0. The van der Waals surface area contributed by atoms with E-state index in [1.54, 1.807) is 11.3 Å². The van der Waals surface area contributed by atoms with E-state index in [1.807, 2.05) is 11.6 Å². The number of aromatic nitrogens is 1. The number of thiazole rings is 1. The number of anilines is 1. The number of rotatable bonds is 1. The van der Waals surface area contributed by atoms with Gasteiger partial charge in [0, 0.05) is 30.7 Å². The molecule has 0 aromatic carbocycles. The van der Waals surface area contributed by atoms with Crippen molar-refractivity contribution >= 4 is 28.4 Å². The standard InChI is InChI=1S/C8H13N3S.2C2HF3O2/c9-7-1-4-11(5-2-7)8-10-3-6-12-8;2*3-2(4,5)1(6)7/h3,6-7H,1-2,4-5,9H2;2*(H,6,7). The Balaban J connectivity index is 0.000000390. The monoisotopic (exact) mass is 411 g/mol. The molecule has 0 saturated carbocycles. The smallest absolute Gasteiger partial charge is 0.475 e. The highest BCUT2D eigenvalue weighted by molar-refractivity contribution is 7.13. The van der Waals surface area contributed by atoms with Crippen LogP contribution in [0.15, 0.2) is 11.6 Å². The summed E-state index contributed by atoms with van der Waals surface area (Å²) in [6.07, 6.45) is -6.12. The SMILES string of the molecule is NC1CCN(c2nccs2)CC1.O=C(O)C(F)(F)F.O=C(O)C(F)(F)F. The highest BCUT2D eigenvalue weighted by atomic mass is 32.1. The van der Waals surface area contributed by atoms with Gasteiger partial charge in [0.05, 0.1) is 0 Å². The van der Waals surface area contributed by atoms with E-state index in [2.05, 4.69) is 9.88 Å². The second kappa shape index (κ2) is 10.2. The van der Waals surface area contributed by atoms with Gasteiger partial charge < -0.3 is 20.8 Å². The summed E-state index contributed by atoms with van der Waals surface area (Å²) >= 11 is 1.70. The molecule has 1 aromatic rings. The van der Waals surface area contributed by atoms with Gasteiger partial charge in [-0.05, 0) is 12.8 Å². The Morgan fingerprint density at radius 1 is 1.08 bits per heavy atom. The van der Waals surface area contributed by atoms with E-state index in [1.165, 1.54) is 0 Å². The van der Waals surface area contributed by atoms with Gasteiger partial charge in [0.25, 0.3) is 0 Å². The van der Waals surface area contributed by atoms with Crippen molar-refractivity contribution in [2.24, 2.45) is 5.73 Å². The fourth-order valence-electron chi connectivity index (χ4n) is 1.46. The molecule has 2 heterocycles. The predicted molar refractivity (Wildman–Crippen MR) is 78.9 cm³/mol. The molecule has 14 heteroatoms. The Kier molecular flexibility index (Phi) is 9.34. The van der Waals surface area contributed by atoms with Gasteiger partial charge in [-0.2, -0.15) is 26.3 Å². The topological polar surface area (TPSA) is 117 Å². The zero-order valence-corrected chi connectivity index (χ0v) is 13.7. The lowest BCUT2D eigenvalue weighted by atomic mass is 10.1. The van der Waals surface area contributed by atoms with E-state index >= 15 is 0 Å². The number of halogens is 6. The number of nitrogens with zero attached hydrogens (tertiary/aromatic N) is 2. The van der Waals surface area contributed by atoms with Crippen LogP contribution in [-0.4, -0.2) is 58.6 Å². The van der Waals surface area contributed by atoms with Crippen molar-refractivity contribution in [2.75, 3.05) is 18.0 Å². The number of hydrogen-bond donors (Lipinski definition) is 3. The fraction of sp³-hybridized carbons (Fsp3) is 0.583. The summed E-state index contributed by atoms with van der Waals surface area (Å²) in [4.78, 5) is 24.4. The Bertz CT molecular complexity index is 532. The number of piperidine rings is 1. The average Bonchev–Trinajstić information content (AvgIpc) is 3.01. The van der Waals surface area contributed by atoms with Crippen LogP contribution in [0.1, 0.15) is 12.8 Å². The van der Waals surface area contributed by atoms with Crippen LogP contribution < -0.4 is 10.6 Å². The lowest BCUT2D eigenvalue weighted by Gasteiger charge is -2.29. The maximum atomic E-state index is 10.6. The maximum Gasteiger partial charge on any atom is 0.490 e. The van der Waals surface area contributed by atoms with Crippen molar-refractivity contribution < 1.29 is 46.1 Å². The van der Waals surface area contributed by atoms with E-state index in [-0.39, 0.29) is 0 Å². The van der Waals surface area contributed by atoms with E-state index in [0.29, 0.717) is 6.04 Å². The molecule has 26 heavy (non-hydrogen) atoms. The molecule has 0 spiro atoms. The van der Waals surface area contributed by atoms with Gasteiger partial charge in [0.2, 0.25) is 0 Å². The molecule has 0 radical (unpaired) electrons. The second-order valence-electron chi connectivity index (χ2n) is 4.74.